The third-order valence-corrected chi connectivity index (χ3v) is 5.72. The molecular weight excluding hydrogens is 418 g/mol. The van der Waals surface area contributed by atoms with Gasteiger partial charge in [0.05, 0.1) is 0 Å². The molecular formula is C27H25NO5. The topological polar surface area (TPSA) is 72.9 Å². The first-order chi connectivity index (χ1) is 15.7. The monoisotopic (exact) mass is 443 g/mol. The Morgan fingerprint density at radius 2 is 1.21 bits per heavy atom. The molecule has 33 heavy (non-hydrogen) atoms. The fraction of sp³-hybridized carbons (Fsp3) is 0.222. The maximum absolute atomic E-state index is 14.2. The van der Waals surface area contributed by atoms with Crippen molar-refractivity contribution in [3.63, 3.8) is 0 Å². The molecule has 1 heterocycles. The molecule has 0 radical (unpaired) electrons. The molecule has 0 spiro atoms. The Kier molecular flexibility index (Phi) is 5.77. The molecule has 0 fully saturated rings. The van der Waals surface area contributed by atoms with Gasteiger partial charge in [-0.1, -0.05) is 42.5 Å². The van der Waals surface area contributed by atoms with Crippen LogP contribution in [-0.4, -0.2) is 23.9 Å². The number of esters is 2. The first-order valence-corrected chi connectivity index (χ1v) is 10.8. The summed E-state index contributed by atoms with van der Waals surface area (Å²) in [7, 11) is 0. The molecule has 1 aliphatic heterocycles. The lowest BCUT2D eigenvalue weighted by Crippen LogP contribution is -2.44. The lowest BCUT2D eigenvalue weighted by atomic mass is 9.70. The number of ether oxygens (including phenoxy) is 2. The highest BCUT2D eigenvalue weighted by Gasteiger charge is 2.53. The number of para-hydroxylation sites is 1. The van der Waals surface area contributed by atoms with Crippen LogP contribution in [0.15, 0.2) is 72.8 Å². The van der Waals surface area contributed by atoms with Crippen molar-refractivity contribution in [3.8, 4) is 11.5 Å². The summed E-state index contributed by atoms with van der Waals surface area (Å²) in [6.45, 7) is 6.66. The Balaban J connectivity index is 1.95. The molecule has 6 heteroatoms. The second-order valence-electron chi connectivity index (χ2n) is 8.27. The second-order valence-corrected chi connectivity index (χ2v) is 8.27. The van der Waals surface area contributed by atoms with Crippen molar-refractivity contribution in [1.82, 2.24) is 0 Å². The minimum Gasteiger partial charge on any atom is -0.427 e. The van der Waals surface area contributed by atoms with Crippen LogP contribution in [0.3, 0.4) is 0 Å². The molecule has 0 aromatic heterocycles. The van der Waals surface area contributed by atoms with Crippen molar-refractivity contribution in [2.75, 3.05) is 4.90 Å². The number of fused-ring (bicyclic) bond motifs is 1. The van der Waals surface area contributed by atoms with Gasteiger partial charge in [-0.2, -0.15) is 0 Å². The van der Waals surface area contributed by atoms with E-state index in [0.29, 0.717) is 11.5 Å². The molecule has 3 aromatic rings. The van der Waals surface area contributed by atoms with Crippen molar-refractivity contribution < 1.29 is 23.9 Å². The van der Waals surface area contributed by atoms with E-state index in [0.717, 1.165) is 22.4 Å². The molecule has 0 unspecified atom stereocenters. The number of nitrogens with zero attached hydrogens (tertiary/aromatic N) is 1. The third-order valence-electron chi connectivity index (χ3n) is 5.72. The Labute approximate surface area is 192 Å². The van der Waals surface area contributed by atoms with Gasteiger partial charge < -0.3 is 14.4 Å². The number of carbonyl (C=O) groups is 3. The van der Waals surface area contributed by atoms with Gasteiger partial charge in [-0.15, -0.1) is 0 Å². The number of carbonyl (C=O) groups excluding carboxylic acids is 3. The number of anilines is 1. The maximum atomic E-state index is 14.2. The summed E-state index contributed by atoms with van der Waals surface area (Å²) in [4.78, 5) is 38.7. The molecule has 1 amide bonds. The van der Waals surface area contributed by atoms with Crippen LogP contribution in [0, 0.1) is 0 Å². The van der Waals surface area contributed by atoms with Crippen molar-refractivity contribution in [3.05, 3.63) is 89.5 Å². The summed E-state index contributed by atoms with van der Waals surface area (Å²) in [5, 5.41) is 0. The van der Waals surface area contributed by atoms with Crippen LogP contribution < -0.4 is 14.4 Å². The van der Waals surface area contributed by atoms with E-state index >= 15 is 0 Å². The van der Waals surface area contributed by atoms with Crippen molar-refractivity contribution in [2.45, 2.75) is 39.2 Å². The van der Waals surface area contributed by atoms with Gasteiger partial charge >= 0.3 is 11.9 Å². The van der Waals surface area contributed by atoms with Gasteiger partial charge in [-0.05, 0) is 55.3 Å². The summed E-state index contributed by atoms with van der Waals surface area (Å²) in [5.74, 6) is -0.0742. The number of hydrogen-bond donors (Lipinski definition) is 0. The maximum Gasteiger partial charge on any atom is 0.308 e. The molecule has 0 aliphatic carbocycles. The zero-order chi connectivity index (χ0) is 23.8. The summed E-state index contributed by atoms with van der Waals surface area (Å²) in [6, 6.07) is 21.8. The average molecular weight is 443 g/mol. The normalized spacial score (nSPS) is 14.2. The predicted octanol–water partition coefficient (Wildman–Crippen LogP) is 4.63. The van der Waals surface area contributed by atoms with Gasteiger partial charge in [0.1, 0.15) is 16.9 Å². The highest BCUT2D eigenvalue weighted by atomic mass is 16.5. The van der Waals surface area contributed by atoms with E-state index in [9.17, 15) is 14.4 Å². The summed E-state index contributed by atoms with van der Waals surface area (Å²) >= 11 is 0. The van der Waals surface area contributed by atoms with Gasteiger partial charge in [-0.25, -0.2) is 0 Å². The fourth-order valence-electron chi connectivity index (χ4n) is 4.52. The smallest absolute Gasteiger partial charge is 0.308 e. The highest BCUT2D eigenvalue weighted by molar-refractivity contribution is 6.13. The van der Waals surface area contributed by atoms with Gasteiger partial charge in [0, 0.05) is 31.1 Å². The van der Waals surface area contributed by atoms with Crippen LogP contribution in [-0.2, 0) is 19.8 Å². The minimum absolute atomic E-state index is 0.0545. The number of benzene rings is 3. The van der Waals surface area contributed by atoms with Crippen LogP contribution in [0.2, 0.25) is 0 Å². The predicted molar refractivity (Wildman–Crippen MR) is 124 cm³/mol. The molecule has 6 nitrogen and oxygen atoms in total. The fourth-order valence-corrected chi connectivity index (χ4v) is 4.52. The number of rotatable bonds is 5. The lowest BCUT2D eigenvalue weighted by molar-refractivity contribution is -0.132. The molecule has 4 rings (SSSR count). The summed E-state index contributed by atoms with van der Waals surface area (Å²) < 4.78 is 10.4. The quantitative estimate of drug-likeness (QED) is 0.425. The summed E-state index contributed by atoms with van der Waals surface area (Å²) in [6.07, 6.45) is 0. The van der Waals surface area contributed by atoms with Gasteiger partial charge in [-0.3, -0.25) is 14.4 Å². The van der Waals surface area contributed by atoms with Gasteiger partial charge in [0.25, 0.3) is 0 Å². The SMILES string of the molecule is CC(=O)Oc1ccc(C2(c3ccc(OC(C)=O)cc3)C(=O)N(C(C)C)c3ccccc32)cc1. The zero-order valence-electron chi connectivity index (χ0n) is 19.0. The first kappa shape index (κ1) is 22.3. The molecule has 0 atom stereocenters. The largest absolute Gasteiger partial charge is 0.427 e. The van der Waals surface area contributed by atoms with E-state index in [1.165, 1.54) is 13.8 Å². The van der Waals surface area contributed by atoms with Crippen LogP contribution in [0.1, 0.15) is 44.4 Å². The zero-order valence-corrected chi connectivity index (χ0v) is 19.0. The molecule has 0 N–H and O–H groups in total. The molecule has 168 valence electrons. The number of hydrogen-bond acceptors (Lipinski definition) is 5. The Bertz CT molecular complexity index is 1150. The Hall–Kier alpha value is -3.93. The molecule has 0 saturated heterocycles. The molecule has 3 aromatic carbocycles. The summed E-state index contributed by atoms with van der Waals surface area (Å²) in [5.41, 5.74) is 2.11. The minimum atomic E-state index is -1.11. The molecule has 0 bridgehead atoms. The van der Waals surface area contributed by atoms with E-state index in [1.807, 2.05) is 67.3 Å². The van der Waals surface area contributed by atoms with E-state index in [4.69, 9.17) is 9.47 Å². The number of amides is 1. The van der Waals surface area contributed by atoms with Gasteiger partial charge in [0.2, 0.25) is 5.91 Å². The standard InChI is InChI=1S/C27H25NO5/c1-17(2)28-25-8-6-5-7-24(25)27(26(28)31,20-9-13-22(14-10-20)32-18(3)29)21-11-15-23(16-12-21)33-19(4)30/h5-17H,1-4H3. The van der Waals surface area contributed by atoms with Gasteiger partial charge in [0.15, 0.2) is 0 Å². The Morgan fingerprint density at radius 1 is 0.758 bits per heavy atom. The van der Waals surface area contributed by atoms with Crippen LogP contribution >= 0.6 is 0 Å². The lowest BCUT2D eigenvalue weighted by Gasteiger charge is -2.31. The highest BCUT2D eigenvalue weighted by Crippen LogP contribution is 2.51. The van der Waals surface area contributed by atoms with E-state index < -0.39 is 17.4 Å². The van der Waals surface area contributed by atoms with Crippen molar-refractivity contribution in [1.29, 1.82) is 0 Å². The van der Waals surface area contributed by atoms with E-state index in [2.05, 4.69) is 0 Å². The Morgan fingerprint density at radius 3 is 1.64 bits per heavy atom. The van der Waals surface area contributed by atoms with E-state index in [-0.39, 0.29) is 11.9 Å². The average Bonchev–Trinajstić information content (AvgIpc) is 3.03. The van der Waals surface area contributed by atoms with Crippen molar-refractivity contribution in [2.24, 2.45) is 0 Å². The molecule has 1 aliphatic rings. The van der Waals surface area contributed by atoms with Crippen molar-refractivity contribution >= 4 is 23.5 Å². The van der Waals surface area contributed by atoms with E-state index in [1.54, 1.807) is 24.3 Å². The van der Waals surface area contributed by atoms with Crippen LogP contribution in [0.25, 0.3) is 0 Å². The van der Waals surface area contributed by atoms with Crippen LogP contribution in [0.4, 0.5) is 5.69 Å². The van der Waals surface area contributed by atoms with Crippen LogP contribution in [0.5, 0.6) is 11.5 Å². The second kappa shape index (κ2) is 8.54. The molecule has 0 saturated carbocycles. The third kappa shape index (κ3) is 3.78. The first-order valence-electron chi connectivity index (χ1n) is 10.8.